The Balaban J connectivity index is 1.49. The standard InChI is InChI=1S/C24H24N2O4/c1-17-22(25-18(2)27)9-6-10-23(17)26-24(28)16-30-21-13-11-20(12-14-21)29-15-19-7-4-3-5-8-19/h3-14H,15-16H2,1-2H3,(H,25,27)(H,26,28). The van der Waals surface area contributed by atoms with Crippen molar-refractivity contribution in [3.63, 3.8) is 0 Å². The molecule has 0 aliphatic carbocycles. The van der Waals surface area contributed by atoms with Crippen LogP contribution in [0.5, 0.6) is 11.5 Å². The summed E-state index contributed by atoms with van der Waals surface area (Å²) in [7, 11) is 0. The summed E-state index contributed by atoms with van der Waals surface area (Å²) in [4.78, 5) is 23.5. The van der Waals surface area contributed by atoms with Gasteiger partial charge in [-0.1, -0.05) is 36.4 Å². The van der Waals surface area contributed by atoms with E-state index in [1.54, 1.807) is 42.5 Å². The van der Waals surface area contributed by atoms with Gasteiger partial charge in [0.2, 0.25) is 5.91 Å². The molecule has 0 aliphatic rings. The monoisotopic (exact) mass is 404 g/mol. The second kappa shape index (κ2) is 10.1. The zero-order chi connectivity index (χ0) is 21.3. The Morgan fingerprint density at radius 1 is 0.767 bits per heavy atom. The summed E-state index contributed by atoms with van der Waals surface area (Å²) in [5, 5.41) is 5.54. The molecule has 3 aromatic rings. The van der Waals surface area contributed by atoms with Crippen LogP contribution < -0.4 is 20.1 Å². The third-order valence-electron chi connectivity index (χ3n) is 4.36. The Kier molecular flexibility index (Phi) is 7.05. The number of carbonyl (C=O) groups is 2. The lowest BCUT2D eigenvalue weighted by Crippen LogP contribution is -2.21. The van der Waals surface area contributed by atoms with Crippen molar-refractivity contribution >= 4 is 23.2 Å². The molecule has 3 rings (SSSR count). The van der Waals surface area contributed by atoms with Crippen molar-refractivity contribution in [2.24, 2.45) is 0 Å². The van der Waals surface area contributed by atoms with E-state index in [2.05, 4.69) is 10.6 Å². The molecule has 30 heavy (non-hydrogen) atoms. The first-order valence-electron chi connectivity index (χ1n) is 9.58. The van der Waals surface area contributed by atoms with Gasteiger partial charge in [0.15, 0.2) is 6.61 Å². The largest absolute Gasteiger partial charge is 0.489 e. The van der Waals surface area contributed by atoms with E-state index in [4.69, 9.17) is 9.47 Å². The van der Waals surface area contributed by atoms with Gasteiger partial charge >= 0.3 is 0 Å². The summed E-state index contributed by atoms with van der Waals surface area (Å²) in [6.45, 7) is 3.63. The lowest BCUT2D eigenvalue weighted by atomic mass is 10.1. The van der Waals surface area contributed by atoms with E-state index in [1.807, 2.05) is 37.3 Å². The second-order valence-corrected chi connectivity index (χ2v) is 6.74. The highest BCUT2D eigenvalue weighted by atomic mass is 16.5. The molecule has 0 radical (unpaired) electrons. The van der Waals surface area contributed by atoms with Crippen LogP contribution in [0.4, 0.5) is 11.4 Å². The summed E-state index contributed by atoms with van der Waals surface area (Å²) < 4.78 is 11.3. The highest BCUT2D eigenvalue weighted by molar-refractivity contribution is 5.95. The molecule has 0 saturated carbocycles. The zero-order valence-corrected chi connectivity index (χ0v) is 17.0. The molecule has 154 valence electrons. The molecule has 0 bridgehead atoms. The normalized spacial score (nSPS) is 10.2. The number of benzene rings is 3. The van der Waals surface area contributed by atoms with Crippen molar-refractivity contribution in [2.45, 2.75) is 20.5 Å². The number of anilines is 2. The van der Waals surface area contributed by atoms with E-state index in [-0.39, 0.29) is 18.4 Å². The molecular formula is C24H24N2O4. The first-order valence-corrected chi connectivity index (χ1v) is 9.58. The highest BCUT2D eigenvalue weighted by Gasteiger charge is 2.09. The van der Waals surface area contributed by atoms with Crippen LogP contribution >= 0.6 is 0 Å². The van der Waals surface area contributed by atoms with Crippen molar-refractivity contribution in [3.8, 4) is 11.5 Å². The first-order chi connectivity index (χ1) is 14.5. The Hall–Kier alpha value is -3.80. The number of hydrogen-bond acceptors (Lipinski definition) is 4. The van der Waals surface area contributed by atoms with Crippen molar-refractivity contribution in [3.05, 3.63) is 83.9 Å². The maximum Gasteiger partial charge on any atom is 0.262 e. The van der Waals surface area contributed by atoms with Gasteiger partial charge in [0.25, 0.3) is 5.91 Å². The van der Waals surface area contributed by atoms with Gasteiger partial charge in [-0.2, -0.15) is 0 Å². The third kappa shape index (κ3) is 6.10. The lowest BCUT2D eigenvalue weighted by molar-refractivity contribution is -0.118. The second-order valence-electron chi connectivity index (χ2n) is 6.74. The predicted molar refractivity (Wildman–Crippen MR) is 117 cm³/mol. The molecule has 3 aromatic carbocycles. The Labute approximate surface area is 175 Å². The molecule has 0 unspecified atom stereocenters. The minimum atomic E-state index is -0.289. The van der Waals surface area contributed by atoms with Gasteiger partial charge in [0.05, 0.1) is 0 Å². The number of carbonyl (C=O) groups excluding carboxylic acids is 2. The molecule has 0 heterocycles. The fourth-order valence-electron chi connectivity index (χ4n) is 2.80. The fraction of sp³-hybridized carbons (Fsp3) is 0.167. The van der Waals surface area contributed by atoms with Crippen LogP contribution in [0.25, 0.3) is 0 Å². The number of amides is 2. The van der Waals surface area contributed by atoms with Crippen LogP contribution in [0.1, 0.15) is 18.1 Å². The Bertz CT molecular complexity index is 1000. The number of rotatable bonds is 8. The van der Waals surface area contributed by atoms with Crippen LogP contribution in [0, 0.1) is 6.92 Å². The van der Waals surface area contributed by atoms with Crippen molar-refractivity contribution in [2.75, 3.05) is 17.2 Å². The van der Waals surface area contributed by atoms with Gasteiger partial charge < -0.3 is 20.1 Å². The van der Waals surface area contributed by atoms with Crippen molar-refractivity contribution in [1.29, 1.82) is 0 Å². The van der Waals surface area contributed by atoms with Crippen LogP contribution in [-0.2, 0) is 16.2 Å². The molecule has 6 heteroatoms. The average Bonchev–Trinajstić information content (AvgIpc) is 2.75. The van der Waals surface area contributed by atoms with E-state index >= 15 is 0 Å². The minimum Gasteiger partial charge on any atom is -0.489 e. The van der Waals surface area contributed by atoms with Crippen LogP contribution in [-0.4, -0.2) is 18.4 Å². The third-order valence-corrected chi connectivity index (χ3v) is 4.36. The van der Waals surface area contributed by atoms with Gasteiger partial charge in [-0.05, 0) is 54.4 Å². The van der Waals surface area contributed by atoms with E-state index < -0.39 is 0 Å². The maximum absolute atomic E-state index is 12.2. The van der Waals surface area contributed by atoms with Crippen molar-refractivity contribution < 1.29 is 19.1 Å². The Morgan fingerprint density at radius 2 is 1.37 bits per heavy atom. The molecule has 0 saturated heterocycles. The predicted octanol–water partition coefficient (Wildman–Crippen LogP) is 4.55. The Morgan fingerprint density at radius 3 is 2.00 bits per heavy atom. The zero-order valence-electron chi connectivity index (χ0n) is 17.0. The van der Waals surface area contributed by atoms with Crippen molar-refractivity contribution in [1.82, 2.24) is 0 Å². The quantitative estimate of drug-likeness (QED) is 0.577. The van der Waals surface area contributed by atoms with Gasteiger partial charge in [-0.3, -0.25) is 9.59 Å². The lowest BCUT2D eigenvalue weighted by Gasteiger charge is -2.13. The molecule has 0 atom stereocenters. The van der Waals surface area contributed by atoms with Gasteiger partial charge in [-0.15, -0.1) is 0 Å². The first kappa shape index (κ1) is 20.9. The van der Waals surface area contributed by atoms with E-state index in [9.17, 15) is 9.59 Å². The number of nitrogens with one attached hydrogen (secondary N) is 2. The number of ether oxygens (including phenoxy) is 2. The summed E-state index contributed by atoms with van der Waals surface area (Å²) in [5.74, 6) is 0.838. The van der Waals surface area contributed by atoms with E-state index in [0.29, 0.717) is 23.7 Å². The maximum atomic E-state index is 12.2. The summed E-state index contributed by atoms with van der Waals surface area (Å²) in [5.41, 5.74) is 3.15. The molecule has 0 fully saturated rings. The summed E-state index contributed by atoms with van der Waals surface area (Å²) >= 11 is 0. The van der Waals surface area contributed by atoms with Gasteiger partial charge in [0, 0.05) is 18.3 Å². The molecule has 0 spiro atoms. The average molecular weight is 404 g/mol. The molecular weight excluding hydrogens is 380 g/mol. The van der Waals surface area contributed by atoms with Crippen LogP contribution in [0.15, 0.2) is 72.8 Å². The van der Waals surface area contributed by atoms with Crippen LogP contribution in [0.2, 0.25) is 0 Å². The topological polar surface area (TPSA) is 76.7 Å². The smallest absolute Gasteiger partial charge is 0.262 e. The van der Waals surface area contributed by atoms with Gasteiger partial charge in [0.1, 0.15) is 18.1 Å². The van der Waals surface area contributed by atoms with E-state index in [1.165, 1.54) is 6.92 Å². The summed E-state index contributed by atoms with van der Waals surface area (Å²) in [6.07, 6.45) is 0. The number of hydrogen-bond donors (Lipinski definition) is 2. The molecule has 2 amide bonds. The van der Waals surface area contributed by atoms with E-state index in [0.717, 1.165) is 16.9 Å². The fourth-order valence-corrected chi connectivity index (χ4v) is 2.80. The van der Waals surface area contributed by atoms with Crippen LogP contribution in [0.3, 0.4) is 0 Å². The molecule has 2 N–H and O–H groups in total. The molecule has 0 aliphatic heterocycles. The minimum absolute atomic E-state index is 0.131. The molecule has 6 nitrogen and oxygen atoms in total. The highest BCUT2D eigenvalue weighted by Crippen LogP contribution is 2.23. The van der Waals surface area contributed by atoms with Gasteiger partial charge in [-0.25, -0.2) is 0 Å². The molecule has 0 aromatic heterocycles. The summed E-state index contributed by atoms with van der Waals surface area (Å²) in [6, 6.07) is 22.4. The SMILES string of the molecule is CC(=O)Nc1cccc(NC(=O)COc2ccc(OCc3ccccc3)cc2)c1C.